The molecule has 0 saturated carbocycles. The topological polar surface area (TPSA) is 145 Å². The van der Waals surface area contributed by atoms with E-state index < -0.39 is 4.92 Å². The Morgan fingerprint density at radius 1 is 1.00 bits per heavy atom. The van der Waals surface area contributed by atoms with Gasteiger partial charge in [-0.2, -0.15) is 15.2 Å². The van der Waals surface area contributed by atoms with Crippen LogP contribution in [0.2, 0.25) is 0 Å². The van der Waals surface area contributed by atoms with Gasteiger partial charge in [-0.1, -0.05) is 12.1 Å². The zero-order valence-electron chi connectivity index (χ0n) is 19.4. The number of nitro benzene ring substituents is 1. The third kappa shape index (κ3) is 4.86. The average Bonchev–Trinajstić information content (AvgIpc) is 3.44. The van der Waals surface area contributed by atoms with Gasteiger partial charge in [-0.15, -0.1) is 4.80 Å². The number of anilines is 5. The summed E-state index contributed by atoms with van der Waals surface area (Å²) in [6, 6.07) is 12.3. The van der Waals surface area contributed by atoms with Crippen LogP contribution in [0.1, 0.15) is 0 Å². The van der Waals surface area contributed by atoms with Gasteiger partial charge in [0, 0.05) is 31.4 Å². The lowest BCUT2D eigenvalue weighted by Crippen LogP contribution is -2.36. The summed E-state index contributed by atoms with van der Waals surface area (Å²) in [5.41, 5.74) is 2.29. The van der Waals surface area contributed by atoms with E-state index >= 15 is 0 Å². The van der Waals surface area contributed by atoms with Gasteiger partial charge in [0.2, 0.25) is 5.95 Å². The normalized spacial score (nSPS) is 13.3. The van der Waals surface area contributed by atoms with Crippen molar-refractivity contribution < 1.29 is 14.4 Å². The summed E-state index contributed by atoms with van der Waals surface area (Å²) in [6.07, 6.45) is 4.77. The van der Waals surface area contributed by atoms with Gasteiger partial charge in [0.1, 0.15) is 22.9 Å². The van der Waals surface area contributed by atoms with Crippen molar-refractivity contribution in [3.05, 3.63) is 71.2 Å². The van der Waals surface area contributed by atoms with Crippen molar-refractivity contribution >= 4 is 34.5 Å². The molecule has 2 aromatic carbocycles. The van der Waals surface area contributed by atoms with Crippen molar-refractivity contribution in [3.8, 4) is 11.4 Å². The smallest absolute Gasteiger partial charge is 0.294 e. The summed E-state index contributed by atoms with van der Waals surface area (Å²) in [7, 11) is 1.51. The molecule has 2 aromatic heterocycles. The van der Waals surface area contributed by atoms with Crippen molar-refractivity contribution in [2.24, 2.45) is 0 Å². The Balaban J connectivity index is 1.43. The average molecular weight is 489 g/mol. The lowest BCUT2D eigenvalue weighted by molar-refractivity contribution is -0.384. The van der Waals surface area contributed by atoms with Crippen molar-refractivity contribution in [3.63, 3.8) is 0 Å². The monoisotopic (exact) mass is 489 g/mol. The first-order chi connectivity index (χ1) is 17.6. The number of benzene rings is 2. The number of rotatable bonds is 8. The van der Waals surface area contributed by atoms with E-state index in [9.17, 15) is 10.1 Å². The van der Waals surface area contributed by atoms with Crippen LogP contribution >= 0.6 is 0 Å². The van der Waals surface area contributed by atoms with Crippen LogP contribution in [0.25, 0.3) is 5.69 Å². The predicted octanol–water partition coefficient (Wildman–Crippen LogP) is 3.30. The molecule has 5 rings (SSSR count). The second-order valence-corrected chi connectivity index (χ2v) is 7.75. The molecule has 0 spiro atoms. The molecule has 36 heavy (non-hydrogen) atoms. The minimum atomic E-state index is -0.408. The Morgan fingerprint density at radius 2 is 1.78 bits per heavy atom. The first-order valence-electron chi connectivity index (χ1n) is 11.1. The molecule has 3 heterocycles. The maximum absolute atomic E-state index is 11.9. The number of nitrogens with one attached hydrogen (secondary N) is 2. The van der Waals surface area contributed by atoms with E-state index in [2.05, 4.69) is 30.8 Å². The van der Waals surface area contributed by atoms with Crippen LogP contribution in [0.3, 0.4) is 0 Å². The maximum atomic E-state index is 11.9. The second-order valence-electron chi connectivity index (χ2n) is 7.75. The van der Waals surface area contributed by atoms with Gasteiger partial charge in [0.15, 0.2) is 0 Å². The summed E-state index contributed by atoms with van der Waals surface area (Å²) in [5.74, 6) is 1.17. The van der Waals surface area contributed by atoms with Gasteiger partial charge >= 0.3 is 0 Å². The standard InChI is InChI=1S/C23H23N9O4/c1-35-21-15-19(30-10-12-36-13-11-30)20(32(33)34)14-17(21)28-23-24-7-6-22(29-23)27-16-4-2-3-5-18(16)31-25-8-9-26-31/h2-9,14-15H,10-13H2,1H3,(H2,24,27,28,29). The van der Waals surface area contributed by atoms with E-state index in [1.54, 1.807) is 30.7 Å². The molecule has 0 amide bonds. The Hall–Kier alpha value is -4.78. The highest BCUT2D eigenvalue weighted by atomic mass is 16.6. The highest BCUT2D eigenvalue weighted by molar-refractivity contribution is 5.77. The number of para-hydroxylation sites is 2. The fourth-order valence-corrected chi connectivity index (χ4v) is 3.87. The zero-order valence-corrected chi connectivity index (χ0v) is 19.4. The molecule has 0 unspecified atom stereocenters. The van der Waals surface area contributed by atoms with Crippen molar-refractivity contribution in [2.45, 2.75) is 0 Å². The fourth-order valence-electron chi connectivity index (χ4n) is 3.87. The number of aromatic nitrogens is 5. The molecule has 0 aliphatic carbocycles. The van der Waals surface area contributed by atoms with Crippen molar-refractivity contribution in [2.75, 3.05) is 48.9 Å². The van der Waals surface area contributed by atoms with Crippen LogP contribution in [0, 0.1) is 10.1 Å². The molecule has 184 valence electrons. The summed E-state index contributed by atoms with van der Waals surface area (Å²) in [4.78, 5) is 23.7. The van der Waals surface area contributed by atoms with Crippen molar-refractivity contribution in [1.29, 1.82) is 0 Å². The molecule has 1 saturated heterocycles. The third-order valence-corrected chi connectivity index (χ3v) is 5.55. The van der Waals surface area contributed by atoms with Crippen LogP contribution in [-0.4, -0.2) is 63.3 Å². The third-order valence-electron chi connectivity index (χ3n) is 5.55. The molecule has 4 aromatic rings. The molecule has 0 atom stereocenters. The van der Waals surface area contributed by atoms with E-state index in [1.807, 2.05) is 29.2 Å². The molecule has 1 fully saturated rings. The minimum absolute atomic E-state index is 0.0462. The number of hydrogen-bond donors (Lipinski definition) is 2. The zero-order chi connectivity index (χ0) is 24.9. The van der Waals surface area contributed by atoms with Crippen molar-refractivity contribution in [1.82, 2.24) is 25.0 Å². The molecule has 1 aliphatic heterocycles. The molecular weight excluding hydrogens is 466 g/mol. The van der Waals surface area contributed by atoms with Crippen LogP contribution in [0.5, 0.6) is 5.75 Å². The van der Waals surface area contributed by atoms with Gasteiger partial charge in [-0.05, 0) is 18.2 Å². The number of morpholine rings is 1. The maximum Gasteiger partial charge on any atom is 0.294 e. The fraction of sp³-hybridized carbons (Fsp3) is 0.217. The van der Waals surface area contributed by atoms with E-state index in [0.29, 0.717) is 49.2 Å². The molecule has 1 aliphatic rings. The highest BCUT2D eigenvalue weighted by Gasteiger charge is 2.25. The lowest BCUT2D eigenvalue weighted by Gasteiger charge is -2.29. The van der Waals surface area contributed by atoms with E-state index in [-0.39, 0.29) is 11.6 Å². The number of nitro groups is 1. The van der Waals surface area contributed by atoms with E-state index in [1.165, 1.54) is 18.0 Å². The minimum Gasteiger partial charge on any atom is -0.494 e. The molecule has 13 nitrogen and oxygen atoms in total. The van der Waals surface area contributed by atoms with Crippen LogP contribution < -0.4 is 20.3 Å². The van der Waals surface area contributed by atoms with Crippen LogP contribution in [-0.2, 0) is 4.74 Å². The van der Waals surface area contributed by atoms with E-state index in [0.717, 1.165) is 11.4 Å². The van der Waals surface area contributed by atoms with Gasteiger partial charge in [0.05, 0.1) is 49.0 Å². The number of ether oxygens (including phenoxy) is 2. The predicted molar refractivity (Wildman–Crippen MR) is 133 cm³/mol. The SMILES string of the molecule is COc1cc(N2CCOCC2)c([N+](=O)[O-])cc1Nc1nccc(Nc2ccccc2-n2nccn2)n1. The molecular formula is C23H23N9O4. The summed E-state index contributed by atoms with van der Waals surface area (Å²) < 4.78 is 10.9. The Bertz CT molecular complexity index is 1360. The first-order valence-corrected chi connectivity index (χ1v) is 11.1. The second kappa shape index (κ2) is 10.2. The Kier molecular flexibility index (Phi) is 6.53. The Morgan fingerprint density at radius 3 is 2.53 bits per heavy atom. The first kappa shape index (κ1) is 23.0. The summed E-state index contributed by atoms with van der Waals surface area (Å²) in [6.45, 7) is 2.13. The van der Waals surface area contributed by atoms with Crippen LogP contribution in [0.15, 0.2) is 61.1 Å². The molecule has 2 N–H and O–H groups in total. The quantitative estimate of drug-likeness (QED) is 0.278. The van der Waals surface area contributed by atoms with Gasteiger partial charge < -0.3 is 25.0 Å². The number of hydrogen-bond acceptors (Lipinski definition) is 11. The lowest BCUT2D eigenvalue weighted by atomic mass is 10.2. The van der Waals surface area contributed by atoms with Crippen LogP contribution in [0.4, 0.5) is 34.5 Å². The Labute approximate surface area is 205 Å². The molecule has 0 radical (unpaired) electrons. The summed E-state index contributed by atoms with van der Waals surface area (Å²) in [5, 5.41) is 26.6. The summed E-state index contributed by atoms with van der Waals surface area (Å²) >= 11 is 0. The van der Waals surface area contributed by atoms with Gasteiger partial charge in [-0.3, -0.25) is 10.1 Å². The number of nitrogens with zero attached hydrogens (tertiary/aromatic N) is 7. The molecule has 13 heteroatoms. The van der Waals surface area contributed by atoms with E-state index in [4.69, 9.17) is 9.47 Å². The molecule has 0 bridgehead atoms. The largest absolute Gasteiger partial charge is 0.494 e. The number of methoxy groups -OCH3 is 1. The van der Waals surface area contributed by atoms with Gasteiger partial charge in [-0.25, -0.2) is 4.98 Å². The van der Waals surface area contributed by atoms with Gasteiger partial charge in [0.25, 0.3) is 5.69 Å². The highest BCUT2D eigenvalue weighted by Crippen LogP contribution is 2.39.